The molecule has 0 amide bonds. The lowest BCUT2D eigenvalue weighted by Crippen LogP contribution is -2.40. The Hall–Kier alpha value is -1.68. The first-order valence-corrected chi connectivity index (χ1v) is 13.0. The fourth-order valence-electron chi connectivity index (χ4n) is 3.62. The number of piperidine rings is 1. The van der Waals surface area contributed by atoms with Gasteiger partial charge in [-0.05, 0) is 50.1 Å². The molecule has 0 aromatic heterocycles. The second-order valence-corrected chi connectivity index (χ2v) is 11.2. The number of nitrogens with zero attached hydrogens (tertiary/aromatic N) is 2. The van der Waals surface area contributed by atoms with Crippen molar-refractivity contribution in [1.82, 2.24) is 8.61 Å². The minimum absolute atomic E-state index is 0.0439. The molecule has 1 aromatic carbocycles. The van der Waals surface area contributed by atoms with E-state index in [1.165, 1.54) is 32.9 Å². The summed E-state index contributed by atoms with van der Waals surface area (Å²) in [5, 5.41) is 0. The highest BCUT2D eigenvalue weighted by Gasteiger charge is 2.32. The predicted molar refractivity (Wildman–Crippen MR) is 118 cm³/mol. The Kier molecular flexibility index (Phi) is 8.27. The van der Waals surface area contributed by atoms with E-state index in [2.05, 4.69) is 6.58 Å². The van der Waals surface area contributed by atoms with E-state index in [0.717, 1.165) is 24.2 Å². The molecule has 1 atom stereocenters. The summed E-state index contributed by atoms with van der Waals surface area (Å²) in [5.41, 5.74) is 0.844. The molecule has 1 unspecified atom stereocenters. The number of hydrogen-bond donors (Lipinski definition) is 0. The maximum Gasteiger partial charge on any atom is 0.243 e. The van der Waals surface area contributed by atoms with Crippen molar-refractivity contribution in [2.24, 2.45) is 5.92 Å². The third-order valence-corrected chi connectivity index (χ3v) is 9.16. The predicted octanol–water partition coefficient (Wildman–Crippen LogP) is 3.22. The normalized spacial score (nSPS) is 19.1. The van der Waals surface area contributed by atoms with Crippen LogP contribution in [0.15, 0.2) is 58.0 Å². The first kappa shape index (κ1) is 24.6. The highest BCUT2D eigenvalue weighted by atomic mass is 32.2. The fraction of sp³-hybridized carbons (Fsp3) is 0.524. The molecule has 1 aliphatic rings. The van der Waals surface area contributed by atoms with Crippen molar-refractivity contribution in [3.63, 3.8) is 0 Å². The number of hydrogen-bond acceptors (Lipinski definition) is 5. The van der Waals surface area contributed by atoms with Gasteiger partial charge in [0.05, 0.1) is 16.9 Å². The summed E-state index contributed by atoms with van der Waals surface area (Å²) in [6.07, 6.45) is 3.39. The average Bonchev–Trinajstić information content (AvgIpc) is 2.72. The van der Waals surface area contributed by atoms with Gasteiger partial charge in [0.2, 0.25) is 20.0 Å². The standard InChI is InChI=1S/C21H32N2O5S2/c1-6-22(7-2)29(24,25)19-10-12-20(13-11-19)30(26,27)23-14-8-9-18(16-23)21(28-5)15-17(3)4/h10-13,15,18H,3,6-9,14,16H2,1-2,4-5H3/b21-15-. The summed E-state index contributed by atoms with van der Waals surface area (Å²) in [6.45, 7) is 10.7. The van der Waals surface area contributed by atoms with E-state index >= 15 is 0 Å². The summed E-state index contributed by atoms with van der Waals surface area (Å²) in [5.74, 6) is 0.681. The second-order valence-electron chi connectivity index (χ2n) is 7.36. The van der Waals surface area contributed by atoms with Crippen molar-refractivity contribution in [2.45, 2.75) is 43.4 Å². The fourth-order valence-corrected chi connectivity index (χ4v) is 6.61. The Balaban J connectivity index is 2.28. The van der Waals surface area contributed by atoms with Crippen LogP contribution in [0.1, 0.15) is 33.6 Å². The first-order chi connectivity index (χ1) is 14.1. The van der Waals surface area contributed by atoms with Crippen LogP contribution in [0.5, 0.6) is 0 Å². The molecule has 0 spiro atoms. The molecule has 30 heavy (non-hydrogen) atoms. The van der Waals surface area contributed by atoms with Crippen LogP contribution < -0.4 is 0 Å². The number of sulfonamides is 2. The summed E-state index contributed by atoms with van der Waals surface area (Å²) in [7, 11) is -5.79. The zero-order valence-corrected chi connectivity index (χ0v) is 19.8. The molecule has 1 aromatic rings. The minimum Gasteiger partial charge on any atom is -0.501 e. The SMILES string of the molecule is C=C(C)/C=C(\OC)C1CCCN(S(=O)(=O)c2ccc(S(=O)(=O)N(CC)CC)cc2)C1. The number of benzene rings is 1. The van der Waals surface area contributed by atoms with Crippen LogP contribution in [0.3, 0.4) is 0 Å². The van der Waals surface area contributed by atoms with Crippen molar-refractivity contribution in [3.05, 3.63) is 48.3 Å². The number of ether oxygens (including phenoxy) is 1. The van der Waals surface area contributed by atoms with E-state index in [-0.39, 0.29) is 15.7 Å². The van der Waals surface area contributed by atoms with E-state index in [1.54, 1.807) is 21.0 Å². The van der Waals surface area contributed by atoms with Gasteiger partial charge < -0.3 is 4.74 Å². The third kappa shape index (κ3) is 5.32. The van der Waals surface area contributed by atoms with Crippen molar-refractivity contribution in [3.8, 4) is 0 Å². The summed E-state index contributed by atoms with van der Waals surface area (Å²) >= 11 is 0. The van der Waals surface area contributed by atoms with Crippen molar-refractivity contribution < 1.29 is 21.6 Å². The smallest absolute Gasteiger partial charge is 0.243 e. The zero-order chi connectivity index (χ0) is 22.5. The quantitative estimate of drug-likeness (QED) is 0.421. The topological polar surface area (TPSA) is 84.0 Å². The molecular formula is C21H32N2O5S2. The van der Waals surface area contributed by atoms with Crippen LogP contribution in [-0.4, -0.2) is 58.7 Å². The number of methoxy groups -OCH3 is 1. The summed E-state index contributed by atoms with van der Waals surface area (Å²) in [4.78, 5) is 0.178. The zero-order valence-electron chi connectivity index (χ0n) is 18.2. The van der Waals surface area contributed by atoms with Crippen LogP contribution in [0.2, 0.25) is 0 Å². The molecule has 1 fully saturated rings. The molecule has 9 heteroatoms. The van der Waals surface area contributed by atoms with Gasteiger partial charge in [0, 0.05) is 32.1 Å². The molecule has 1 saturated heterocycles. The summed E-state index contributed by atoms with van der Waals surface area (Å²) in [6, 6.07) is 5.47. The van der Waals surface area contributed by atoms with E-state index in [0.29, 0.717) is 26.2 Å². The minimum atomic E-state index is -3.74. The van der Waals surface area contributed by atoms with E-state index in [9.17, 15) is 16.8 Å². The Morgan fingerprint density at radius 3 is 2.23 bits per heavy atom. The highest BCUT2D eigenvalue weighted by molar-refractivity contribution is 7.89. The molecular weight excluding hydrogens is 424 g/mol. The molecule has 168 valence electrons. The Bertz CT molecular complexity index is 979. The van der Waals surface area contributed by atoms with Gasteiger partial charge in [-0.2, -0.15) is 8.61 Å². The van der Waals surface area contributed by atoms with Gasteiger partial charge in [0.25, 0.3) is 0 Å². The van der Waals surface area contributed by atoms with E-state index in [4.69, 9.17) is 4.74 Å². The van der Waals surface area contributed by atoms with Crippen LogP contribution in [0, 0.1) is 5.92 Å². The summed E-state index contributed by atoms with van der Waals surface area (Å²) < 4.78 is 59.8. The van der Waals surface area contributed by atoms with Gasteiger partial charge in [-0.15, -0.1) is 0 Å². The molecule has 0 radical (unpaired) electrons. The van der Waals surface area contributed by atoms with E-state index in [1.807, 2.05) is 13.0 Å². The monoisotopic (exact) mass is 456 g/mol. The van der Waals surface area contributed by atoms with Gasteiger partial charge in [0.15, 0.2) is 0 Å². The Morgan fingerprint density at radius 2 is 1.73 bits per heavy atom. The molecule has 1 aliphatic heterocycles. The van der Waals surface area contributed by atoms with Gasteiger partial charge in [0.1, 0.15) is 5.76 Å². The maximum atomic E-state index is 13.2. The van der Waals surface area contributed by atoms with Crippen LogP contribution in [0.4, 0.5) is 0 Å². The van der Waals surface area contributed by atoms with Gasteiger partial charge in [-0.25, -0.2) is 16.8 Å². The second kappa shape index (κ2) is 10.1. The van der Waals surface area contributed by atoms with Crippen LogP contribution in [-0.2, 0) is 24.8 Å². The molecule has 0 bridgehead atoms. The average molecular weight is 457 g/mol. The number of allylic oxidation sites excluding steroid dienone is 2. The van der Waals surface area contributed by atoms with Crippen molar-refractivity contribution >= 4 is 20.0 Å². The van der Waals surface area contributed by atoms with Gasteiger partial charge in [-0.3, -0.25) is 0 Å². The van der Waals surface area contributed by atoms with Crippen molar-refractivity contribution in [1.29, 1.82) is 0 Å². The Morgan fingerprint density at radius 1 is 1.17 bits per heavy atom. The number of rotatable bonds is 9. The van der Waals surface area contributed by atoms with Crippen LogP contribution in [0.25, 0.3) is 0 Å². The first-order valence-electron chi connectivity index (χ1n) is 10.1. The third-order valence-electron chi connectivity index (χ3n) is 5.22. The lowest BCUT2D eigenvalue weighted by Gasteiger charge is -2.32. The molecule has 1 heterocycles. The Labute approximate surface area is 181 Å². The molecule has 0 aliphatic carbocycles. The molecule has 0 N–H and O–H groups in total. The van der Waals surface area contributed by atoms with E-state index < -0.39 is 20.0 Å². The molecule has 0 saturated carbocycles. The lowest BCUT2D eigenvalue weighted by molar-refractivity contribution is 0.190. The maximum absolute atomic E-state index is 13.2. The largest absolute Gasteiger partial charge is 0.501 e. The molecule has 2 rings (SSSR count). The van der Waals surface area contributed by atoms with Gasteiger partial charge >= 0.3 is 0 Å². The molecule has 7 nitrogen and oxygen atoms in total. The lowest BCUT2D eigenvalue weighted by atomic mass is 9.96. The van der Waals surface area contributed by atoms with Gasteiger partial charge in [-0.1, -0.05) is 26.0 Å². The van der Waals surface area contributed by atoms with Crippen molar-refractivity contribution in [2.75, 3.05) is 33.3 Å². The van der Waals surface area contributed by atoms with Crippen LogP contribution >= 0.6 is 0 Å². The highest BCUT2D eigenvalue weighted by Crippen LogP contribution is 2.29.